The maximum atomic E-state index is 6.44. The van der Waals surface area contributed by atoms with Crippen LogP contribution in [0.2, 0.25) is 0 Å². The summed E-state index contributed by atoms with van der Waals surface area (Å²) >= 11 is 0. The van der Waals surface area contributed by atoms with Crippen molar-refractivity contribution in [2.75, 3.05) is 0 Å². The molecule has 2 atom stereocenters. The Bertz CT molecular complexity index is 299. The first-order valence-electron chi connectivity index (χ1n) is 5.28. The fourth-order valence-corrected chi connectivity index (χ4v) is 2.34. The lowest BCUT2D eigenvalue weighted by Gasteiger charge is -2.39. The minimum absolute atomic E-state index is 0.195. The molecule has 76 valence electrons. The predicted molar refractivity (Wildman–Crippen MR) is 55.5 cm³/mol. The number of rotatable bonds is 1. The Morgan fingerprint density at radius 1 is 1.36 bits per heavy atom. The van der Waals surface area contributed by atoms with Gasteiger partial charge in [-0.25, -0.2) is 9.97 Å². The molecule has 1 aromatic heterocycles. The molecule has 2 N–H and O–H groups in total. The summed E-state index contributed by atoms with van der Waals surface area (Å²) < 4.78 is 0. The molecular formula is C11H17N3. The van der Waals surface area contributed by atoms with Gasteiger partial charge in [-0.15, -0.1) is 0 Å². The molecule has 0 bridgehead atoms. The van der Waals surface area contributed by atoms with Crippen molar-refractivity contribution in [1.29, 1.82) is 0 Å². The van der Waals surface area contributed by atoms with Gasteiger partial charge < -0.3 is 5.73 Å². The van der Waals surface area contributed by atoms with Gasteiger partial charge in [-0.3, -0.25) is 0 Å². The molecule has 0 radical (unpaired) electrons. The quantitative estimate of drug-likeness (QED) is 0.737. The van der Waals surface area contributed by atoms with Crippen molar-refractivity contribution in [3.8, 4) is 0 Å². The highest BCUT2D eigenvalue weighted by Crippen LogP contribution is 2.38. The van der Waals surface area contributed by atoms with E-state index < -0.39 is 0 Å². The van der Waals surface area contributed by atoms with Gasteiger partial charge in [0.2, 0.25) is 0 Å². The molecule has 1 heterocycles. The maximum Gasteiger partial charge on any atom is 0.115 e. The Labute approximate surface area is 84.8 Å². The summed E-state index contributed by atoms with van der Waals surface area (Å²) in [4.78, 5) is 8.10. The highest BCUT2D eigenvalue weighted by Gasteiger charge is 2.36. The topological polar surface area (TPSA) is 51.8 Å². The Morgan fingerprint density at radius 2 is 2.07 bits per heavy atom. The third kappa shape index (κ3) is 1.52. The SMILES string of the molecule is CC1CCCCC1(N)c1cncnc1. The van der Waals surface area contributed by atoms with Crippen LogP contribution in [0.25, 0.3) is 0 Å². The average molecular weight is 191 g/mol. The van der Waals surface area contributed by atoms with Gasteiger partial charge in [0.1, 0.15) is 6.33 Å². The molecule has 1 aromatic rings. The highest BCUT2D eigenvalue weighted by molar-refractivity contribution is 5.18. The van der Waals surface area contributed by atoms with Gasteiger partial charge in [0.25, 0.3) is 0 Å². The van der Waals surface area contributed by atoms with Crippen LogP contribution in [0.5, 0.6) is 0 Å². The van der Waals surface area contributed by atoms with Gasteiger partial charge in [0.05, 0.1) is 0 Å². The van der Waals surface area contributed by atoms with Crippen LogP contribution in [0.15, 0.2) is 18.7 Å². The summed E-state index contributed by atoms with van der Waals surface area (Å²) in [7, 11) is 0. The normalized spacial score (nSPS) is 32.9. The number of nitrogens with two attached hydrogens (primary N) is 1. The van der Waals surface area contributed by atoms with Crippen molar-refractivity contribution in [3.63, 3.8) is 0 Å². The minimum atomic E-state index is -0.195. The molecule has 0 aliphatic heterocycles. The van der Waals surface area contributed by atoms with E-state index in [2.05, 4.69) is 16.9 Å². The van der Waals surface area contributed by atoms with Gasteiger partial charge in [-0.1, -0.05) is 19.8 Å². The Morgan fingerprint density at radius 3 is 2.71 bits per heavy atom. The monoisotopic (exact) mass is 191 g/mol. The zero-order valence-electron chi connectivity index (χ0n) is 8.61. The van der Waals surface area contributed by atoms with Crippen molar-refractivity contribution in [1.82, 2.24) is 9.97 Å². The molecule has 3 heteroatoms. The van der Waals surface area contributed by atoms with Crippen LogP contribution in [0.3, 0.4) is 0 Å². The maximum absolute atomic E-state index is 6.44. The summed E-state index contributed by atoms with van der Waals surface area (Å²) in [5.41, 5.74) is 7.34. The van der Waals surface area contributed by atoms with Crippen LogP contribution >= 0.6 is 0 Å². The van der Waals surface area contributed by atoms with Crippen molar-refractivity contribution in [2.45, 2.75) is 38.1 Å². The van der Waals surface area contributed by atoms with E-state index in [-0.39, 0.29) is 5.54 Å². The average Bonchev–Trinajstić information content (AvgIpc) is 2.24. The third-order valence-electron chi connectivity index (χ3n) is 3.46. The summed E-state index contributed by atoms with van der Waals surface area (Å²) in [5.74, 6) is 0.530. The van der Waals surface area contributed by atoms with Gasteiger partial charge in [-0.05, 0) is 18.8 Å². The lowest BCUT2D eigenvalue weighted by molar-refractivity contribution is 0.206. The zero-order chi connectivity index (χ0) is 10.0. The largest absolute Gasteiger partial charge is 0.321 e. The number of nitrogens with zero attached hydrogens (tertiary/aromatic N) is 2. The van der Waals surface area contributed by atoms with Crippen LogP contribution < -0.4 is 5.73 Å². The molecule has 2 unspecified atom stereocenters. The van der Waals surface area contributed by atoms with Crippen LogP contribution in [0, 0.1) is 5.92 Å². The lowest BCUT2D eigenvalue weighted by atomic mass is 9.71. The van der Waals surface area contributed by atoms with E-state index in [1.54, 1.807) is 6.33 Å². The van der Waals surface area contributed by atoms with E-state index in [0.29, 0.717) is 5.92 Å². The molecule has 0 aromatic carbocycles. The number of aromatic nitrogens is 2. The molecule has 14 heavy (non-hydrogen) atoms. The molecule has 0 amide bonds. The number of hydrogen-bond acceptors (Lipinski definition) is 3. The van der Waals surface area contributed by atoms with Crippen LogP contribution in [0.1, 0.15) is 38.2 Å². The highest BCUT2D eigenvalue weighted by atomic mass is 14.8. The molecule has 1 fully saturated rings. The molecule has 3 nitrogen and oxygen atoms in total. The number of hydrogen-bond donors (Lipinski definition) is 1. The van der Waals surface area contributed by atoms with Crippen LogP contribution in [-0.4, -0.2) is 9.97 Å². The van der Waals surface area contributed by atoms with Gasteiger partial charge in [0.15, 0.2) is 0 Å². The Balaban J connectivity index is 2.30. The Hall–Kier alpha value is -0.960. The van der Waals surface area contributed by atoms with E-state index in [1.807, 2.05) is 12.4 Å². The fourth-order valence-electron chi connectivity index (χ4n) is 2.34. The molecule has 0 spiro atoms. The van der Waals surface area contributed by atoms with E-state index in [9.17, 15) is 0 Å². The second-order valence-corrected chi connectivity index (χ2v) is 4.31. The van der Waals surface area contributed by atoms with Crippen molar-refractivity contribution in [2.24, 2.45) is 11.7 Å². The summed E-state index contributed by atoms with van der Waals surface area (Å²) in [5, 5.41) is 0. The molecule has 1 aliphatic carbocycles. The fraction of sp³-hybridized carbons (Fsp3) is 0.636. The van der Waals surface area contributed by atoms with Gasteiger partial charge >= 0.3 is 0 Å². The first-order chi connectivity index (χ1) is 6.73. The third-order valence-corrected chi connectivity index (χ3v) is 3.46. The summed E-state index contributed by atoms with van der Waals surface area (Å²) in [6.07, 6.45) is 10.1. The van der Waals surface area contributed by atoms with Crippen molar-refractivity contribution >= 4 is 0 Å². The van der Waals surface area contributed by atoms with E-state index in [1.165, 1.54) is 19.3 Å². The van der Waals surface area contributed by atoms with Crippen LogP contribution in [0.4, 0.5) is 0 Å². The summed E-state index contributed by atoms with van der Waals surface area (Å²) in [6.45, 7) is 2.23. The van der Waals surface area contributed by atoms with E-state index in [4.69, 9.17) is 5.73 Å². The van der Waals surface area contributed by atoms with Crippen molar-refractivity contribution < 1.29 is 0 Å². The second kappa shape index (κ2) is 3.65. The Kier molecular flexibility index (Phi) is 2.50. The van der Waals surface area contributed by atoms with Gasteiger partial charge in [0, 0.05) is 23.5 Å². The van der Waals surface area contributed by atoms with E-state index in [0.717, 1.165) is 12.0 Å². The second-order valence-electron chi connectivity index (χ2n) is 4.31. The zero-order valence-corrected chi connectivity index (χ0v) is 8.61. The molecule has 2 rings (SSSR count). The molecule has 1 aliphatic rings. The standard InChI is InChI=1S/C11H17N3/c1-9-4-2-3-5-11(9,12)10-6-13-8-14-7-10/h6-9H,2-5,12H2,1H3. The van der Waals surface area contributed by atoms with Crippen LogP contribution in [-0.2, 0) is 5.54 Å². The van der Waals surface area contributed by atoms with Gasteiger partial charge in [-0.2, -0.15) is 0 Å². The smallest absolute Gasteiger partial charge is 0.115 e. The molecular weight excluding hydrogens is 174 g/mol. The molecule has 0 saturated heterocycles. The minimum Gasteiger partial charge on any atom is -0.321 e. The predicted octanol–water partition coefficient (Wildman–Crippen LogP) is 1.84. The first-order valence-corrected chi connectivity index (χ1v) is 5.28. The summed E-state index contributed by atoms with van der Waals surface area (Å²) in [6, 6.07) is 0. The van der Waals surface area contributed by atoms with Crippen molar-refractivity contribution in [3.05, 3.63) is 24.3 Å². The first kappa shape index (κ1) is 9.59. The van der Waals surface area contributed by atoms with E-state index >= 15 is 0 Å². The lowest BCUT2D eigenvalue weighted by Crippen LogP contribution is -2.45. The molecule has 1 saturated carbocycles.